The zero-order valence-corrected chi connectivity index (χ0v) is 15.4. The summed E-state index contributed by atoms with van der Waals surface area (Å²) < 4.78 is 5.26. The number of aryl methyl sites for hydroxylation is 2. The Kier molecular flexibility index (Phi) is 5.47. The molecule has 0 aliphatic carbocycles. The van der Waals surface area contributed by atoms with E-state index in [4.69, 9.17) is 16.1 Å². The Labute approximate surface area is 149 Å². The molecule has 0 bridgehead atoms. The molecule has 3 rings (SSSR count). The Morgan fingerprint density at radius 2 is 1.92 bits per heavy atom. The van der Waals surface area contributed by atoms with Gasteiger partial charge in [-0.15, -0.1) is 0 Å². The molecule has 1 atom stereocenters. The first-order valence-corrected chi connectivity index (χ1v) is 9.09. The second-order valence-electron chi connectivity index (χ2n) is 6.81. The molecule has 1 saturated heterocycles. The summed E-state index contributed by atoms with van der Waals surface area (Å²) in [5.41, 5.74) is 3.52. The van der Waals surface area contributed by atoms with E-state index in [1.54, 1.807) is 0 Å². The Balaban J connectivity index is 1.49. The van der Waals surface area contributed by atoms with Gasteiger partial charge in [0.1, 0.15) is 5.76 Å². The Bertz CT molecular complexity index is 640. The van der Waals surface area contributed by atoms with Crippen LogP contribution in [0.3, 0.4) is 0 Å². The van der Waals surface area contributed by atoms with Crippen molar-refractivity contribution < 1.29 is 4.52 Å². The second kappa shape index (κ2) is 7.58. The third kappa shape index (κ3) is 4.11. The standard InChI is InChI=1S/C19H26ClN3O/c1-13(12-19-14(2)22-24-15(19)3)21-17-8-10-23(11-9-17)18-6-4-16(20)5-7-18/h4-7,13,17,21H,8-12H2,1-3H3/t13-/m1/s1. The first kappa shape index (κ1) is 17.3. The van der Waals surface area contributed by atoms with Crippen molar-refractivity contribution in [1.82, 2.24) is 10.5 Å². The predicted molar refractivity (Wildman–Crippen MR) is 99.0 cm³/mol. The summed E-state index contributed by atoms with van der Waals surface area (Å²) in [5.74, 6) is 0.943. The number of benzene rings is 1. The van der Waals surface area contributed by atoms with Crippen molar-refractivity contribution in [1.29, 1.82) is 0 Å². The van der Waals surface area contributed by atoms with Gasteiger partial charge in [-0.1, -0.05) is 16.8 Å². The van der Waals surface area contributed by atoms with Gasteiger partial charge in [-0.2, -0.15) is 0 Å². The van der Waals surface area contributed by atoms with E-state index in [2.05, 4.69) is 34.4 Å². The number of hydrogen-bond donors (Lipinski definition) is 1. The minimum atomic E-state index is 0.425. The van der Waals surface area contributed by atoms with Crippen molar-refractivity contribution in [3.8, 4) is 0 Å². The number of nitrogens with zero attached hydrogens (tertiary/aromatic N) is 2. The van der Waals surface area contributed by atoms with Gasteiger partial charge in [0.2, 0.25) is 0 Å². The molecule has 1 fully saturated rings. The molecule has 0 amide bonds. The Morgan fingerprint density at radius 3 is 2.50 bits per heavy atom. The number of halogens is 1. The van der Waals surface area contributed by atoms with Crippen LogP contribution in [0.25, 0.3) is 0 Å². The summed E-state index contributed by atoms with van der Waals surface area (Å²) in [7, 11) is 0. The lowest BCUT2D eigenvalue weighted by molar-refractivity contribution is 0.372. The van der Waals surface area contributed by atoms with E-state index < -0.39 is 0 Å². The van der Waals surface area contributed by atoms with Gasteiger partial charge in [0, 0.05) is 41.4 Å². The molecule has 1 aromatic carbocycles. The number of hydrogen-bond acceptors (Lipinski definition) is 4. The lowest BCUT2D eigenvalue weighted by atomic mass is 10.0. The van der Waals surface area contributed by atoms with Crippen molar-refractivity contribution in [3.05, 3.63) is 46.3 Å². The third-order valence-electron chi connectivity index (χ3n) is 4.90. The van der Waals surface area contributed by atoms with Gasteiger partial charge in [0.05, 0.1) is 5.69 Å². The van der Waals surface area contributed by atoms with Crippen molar-refractivity contribution in [2.24, 2.45) is 0 Å². The van der Waals surface area contributed by atoms with Crippen LogP contribution in [-0.2, 0) is 6.42 Å². The van der Waals surface area contributed by atoms with Gasteiger partial charge in [0.15, 0.2) is 0 Å². The number of rotatable bonds is 5. The van der Waals surface area contributed by atoms with E-state index in [0.717, 1.165) is 48.8 Å². The molecule has 5 heteroatoms. The van der Waals surface area contributed by atoms with E-state index in [9.17, 15) is 0 Å². The van der Waals surface area contributed by atoms with Gasteiger partial charge in [-0.25, -0.2) is 0 Å². The smallest absolute Gasteiger partial charge is 0.137 e. The maximum atomic E-state index is 5.97. The number of aromatic nitrogens is 1. The molecular formula is C19H26ClN3O. The summed E-state index contributed by atoms with van der Waals surface area (Å²) in [5, 5.41) is 8.62. The lowest BCUT2D eigenvalue weighted by Gasteiger charge is -2.35. The fourth-order valence-electron chi connectivity index (χ4n) is 3.52. The molecule has 0 spiro atoms. The highest BCUT2D eigenvalue weighted by Gasteiger charge is 2.21. The molecule has 1 aliphatic heterocycles. The van der Waals surface area contributed by atoms with Crippen LogP contribution in [0.15, 0.2) is 28.8 Å². The molecule has 0 radical (unpaired) electrons. The normalized spacial score (nSPS) is 17.2. The molecule has 1 aromatic heterocycles. The van der Waals surface area contributed by atoms with Crippen LogP contribution in [0.4, 0.5) is 5.69 Å². The fraction of sp³-hybridized carbons (Fsp3) is 0.526. The molecule has 2 heterocycles. The third-order valence-corrected chi connectivity index (χ3v) is 5.15. The van der Waals surface area contributed by atoms with Crippen molar-refractivity contribution >= 4 is 17.3 Å². The van der Waals surface area contributed by atoms with Crippen molar-refractivity contribution in [2.75, 3.05) is 18.0 Å². The molecule has 130 valence electrons. The maximum absolute atomic E-state index is 5.97. The molecule has 1 aliphatic rings. The highest BCUT2D eigenvalue weighted by atomic mass is 35.5. The first-order chi connectivity index (χ1) is 11.5. The van der Waals surface area contributed by atoms with Gasteiger partial charge >= 0.3 is 0 Å². The van der Waals surface area contributed by atoms with Gasteiger partial charge < -0.3 is 14.7 Å². The summed E-state index contributed by atoms with van der Waals surface area (Å²) >= 11 is 5.97. The van der Waals surface area contributed by atoms with E-state index in [1.807, 2.05) is 26.0 Å². The second-order valence-corrected chi connectivity index (χ2v) is 7.25. The zero-order valence-electron chi connectivity index (χ0n) is 14.7. The number of piperidine rings is 1. The van der Waals surface area contributed by atoms with E-state index in [0.29, 0.717) is 12.1 Å². The molecule has 2 aromatic rings. The topological polar surface area (TPSA) is 41.3 Å². The van der Waals surface area contributed by atoms with Crippen molar-refractivity contribution in [2.45, 2.75) is 52.1 Å². The molecule has 0 unspecified atom stereocenters. The molecule has 1 N–H and O–H groups in total. The first-order valence-electron chi connectivity index (χ1n) is 8.71. The van der Waals surface area contributed by atoms with Crippen LogP contribution in [0, 0.1) is 13.8 Å². The van der Waals surface area contributed by atoms with Crippen LogP contribution in [0.1, 0.15) is 36.8 Å². The number of anilines is 1. The fourth-order valence-corrected chi connectivity index (χ4v) is 3.64. The van der Waals surface area contributed by atoms with Crippen molar-refractivity contribution in [3.63, 3.8) is 0 Å². The highest BCUT2D eigenvalue weighted by molar-refractivity contribution is 6.30. The van der Waals surface area contributed by atoms with Crippen LogP contribution in [0.5, 0.6) is 0 Å². The van der Waals surface area contributed by atoms with Crippen LogP contribution >= 0.6 is 11.6 Å². The quantitative estimate of drug-likeness (QED) is 0.882. The number of nitrogens with one attached hydrogen (secondary N) is 1. The predicted octanol–water partition coefficient (Wildman–Crippen LogP) is 4.13. The largest absolute Gasteiger partial charge is 0.371 e. The SMILES string of the molecule is Cc1noc(C)c1C[C@@H](C)NC1CCN(c2ccc(Cl)cc2)CC1. The summed E-state index contributed by atoms with van der Waals surface area (Å²) in [6.45, 7) is 8.42. The zero-order chi connectivity index (χ0) is 17.1. The van der Waals surface area contributed by atoms with Gasteiger partial charge in [-0.05, 0) is 64.3 Å². The summed E-state index contributed by atoms with van der Waals surface area (Å²) in [6, 6.07) is 9.14. The molecule has 4 nitrogen and oxygen atoms in total. The Hall–Kier alpha value is -1.52. The molecular weight excluding hydrogens is 322 g/mol. The molecule has 0 saturated carbocycles. The Morgan fingerprint density at radius 1 is 1.25 bits per heavy atom. The minimum absolute atomic E-state index is 0.425. The maximum Gasteiger partial charge on any atom is 0.137 e. The highest BCUT2D eigenvalue weighted by Crippen LogP contribution is 2.22. The lowest BCUT2D eigenvalue weighted by Crippen LogP contribution is -2.46. The van der Waals surface area contributed by atoms with Gasteiger partial charge in [0.25, 0.3) is 0 Å². The van der Waals surface area contributed by atoms with Crippen LogP contribution in [-0.4, -0.2) is 30.3 Å². The van der Waals surface area contributed by atoms with E-state index in [-0.39, 0.29) is 0 Å². The summed E-state index contributed by atoms with van der Waals surface area (Å²) in [4.78, 5) is 2.44. The van der Waals surface area contributed by atoms with Crippen LogP contribution < -0.4 is 10.2 Å². The summed E-state index contributed by atoms with van der Waals surface area (Å²) in [6.07, 6.45) is 3.29. The van der Waals surface area contributed by atoms with Gasteiger partial charge in [-0.3, -0.25) is 0 Å². The average Bonchev–Trinajstić information content (AvgIpc) is 2.88. The van der Waals surface area contributed by atoms with Crippen LogP contribution in [0.2, 0.25) is 5.02 Å². The monoisotopic (exact) mass is 347 g/mol. The van der Waals surface area contributed by atoms with E-state index in [1.165, 1.54) is 11.3 Å². The minimum Gasteiger partial charge on any atom is -0.371 e. The average molecular weight is 348 g/mol. The van der Waals surface area contributed by atoms with E-state index >= 15 is 0 Å². The molecule has 24 heavy (non-hydrogen) atoms.